The molecule has 2 saturated heterocycles. The summed E-state index contributed by atoms with van der Waals surface area (Å²) < 4.78 is 5.59. The number of carbonyl (C=O) groups is 2. The van der Waals surface area contributed by atoms with Crippen LogP contribution in [0.1, 0.15) is 43.0 Å². The first kappa shape index (κ1) is 15.0. The number of ether oxygens (including phenoxy) is 1. The standard InChI is InChI=1S/C17H22N2O3/c1-12(15-4-3-11-22-15)18-17(21)13-6-8-14(9-7-13)19-10-2-5-16(19)20/h6-9,12,15H,2-5,10-11H2,1H3,(H,18,21)/t12-,15+/m1/s1. The van der Waals surface area contributed by atoms with Crippen LogP contribution in [0.25, 0.3) is 0 Å². The highest BCUT2D eigenvalue weighted by Crippen LogP contribution is 2.22. The summed E-state index contributed by atoms with van der Waals surface area (Å²) in [4.78, 5) is 25.8. The van der Waals surface area contributed by atoms with Gasteiger partial charge in [0.2, 0.25) is 5.91 Å². The van der Waals surface area contributed by atoms with E-state index in [1.807, 2.05) is 19.1 Å². The normalized spacial score (nSPS) is 22.9. The van der Waals surface area contributed by atoms with Crippen LogP contribution in [0.4, 0.5) is 5.69 Å². The molecule has 1 aromatic carbocycles. The molecule has 22 heavy (non-hydrogen) atoms. The molecule has 1 N–H and O–H groups in total. The highest BCUT2D eigenvalue weighted by Gasteiger charge is 2.24. The molecule has 0 unspecified atom stereocenters. The van der Waals surface area contributed by atoms with Crippen LogP contribution in [-0.4, -0.2) is 37.1 Å². The Morgan fingerprint density at radius 2 is 2.09 bits per heavy atom. The molecule has 3 rings (SSSR count). The molecule has 0 spiro atoms. The lowest BCUT2D eigenvalue weighted by molar-refractivity contribution is -0.117. The SMILES string of the molecule is C[C@@H](NC(=O)c1ccc(N2CCCC2=O)cc1)[C@@H]1CCCO1. The number of benzene rings is 1. The van der Waals surface area contributed by atoms with Crippen molar-refractivity contribution in [3.05, 3.63) is 29.8 Å². The molecule has 0 radical (unpaired) electrons. The van der Waals surface area contributed by atoms with Crippen LogP contribution in [0, 0.1) is 0 Å². The van der Waals surface area contributed by atoms with E-state index in [-0.39, 0.29) is 24.0 Å². The van der Waals surface area contributed by atoms with Crippen LogP contribution >= 0.6 is 0 Å². The molecular formula is C17H22N2O3. The molecule has 5 heteroatoms. The van der Waals surface area contributed by atoms with E-state index in [0.29, 0.717) is 12.0 Å². The van der Waals surface area contributed by atoms with Gasteiger partial charge in [0.15, 0.2) is 0 Å². The van der Waals surface area contributed by atoms with E-state index in [4.69, 9.17) is 4.74 Å². The number of anilines is 1. The van der Waals surface area contributed by atoms with E-state index in [2.05, 4.69) is 5.32 Å². The Kier molecular flexibility index (Phi) is 4.43. The lowest BCUT2D eigenvalue weighted by Crippen LogP contribution is -2.40. The third-order valence-electron chi connectivity index (χ3n) is 4.40. The predicted molar refractivity (Wildman–Crippen MR) is 83.9 cm³/mol. The Bertz CT molecular complexity index is 550. The van der Waals surface area contributed by atoms with Gasteiger partial charge in [-0.15, -0.1) is 0 Å². The van der Waals surface area contributed by atoms with Crippen LogP contribution in [0.3, 0.4) is 0 Å². The van der Waals surface area contributed by atoms with Crippen molar-refractivity contribution in [3.63, 3.8) is 0 Å². The van der Waals surface area contributed by atoms with Crippen molar-refractivity contribution in [2.24, 2.45) is 0 Å². The molecule has 2 aliphatic rings. The van der Waals surface area contributed by atoms with Crippen molar-refractivity contribution >= 4 is 17.5 Å². The van der Waals surface area contributed by atoms with Crippen LogP contribution in [0.15, 0.2) is 24.3 Å². The van der Waals surface area contributed by atoms with Gasteiger partial charge in [0.05, 0.1) is 12.1 Å². The molecule has 2 aliphatic heterocycles. The van der Waals surface area contributed by atoms with Crippen LogP contribution in [0.2, 0.25) is 0 Å². The fourth-order valence-corrected chi connectivity index (χ4v) is 3.09. The van der Waals surface area contributed by atoms with E-state index >= 15 is 0 Å². The highest BCUT2D eigenvalue weighted by atomic mass is 16.5. The predicted octanol–water partition coefficient (Wildman–Crippen LogP) is 2.11. The molecule has 0 aliphatic carbocycles. The average Bonchev–Trinajstić information content (AvgIpc) is 3.18. The van der Waals surface area contributed by atoms with Crippen LogP contribution in [0.5, 0.6) is 0 Å². The van der Waals surface area contributed by atoms with Gasteiger partial charge in [0.1, 0.15) is 0 Å². The monoisotopic (exact) mass is 302 g/mol. The molecule has 0 saturated carbocycles. The number of hydrogen-bond acceptors (Lipinski definition) is 3. The summed E-state index contributed by atoms with van der Waals surface area (Å²) in [7, 11) is 0. The quantitative estimate of drug-likeness (QED) is 0.926. The lowest BCUT2D eigenvalue weighted by Gasteiger charge is -2.20. The van der Waals surface area contributed by atoms with E-state index in [1.54, 1.807) is 17.0 Å². The Hall–Kier alpha value is -1.88. The lowest BCUT2D eigenvalue weighted by atomic mass is 10.1. The van der Waals surface area contributed by atoms with Gasteiger partial charge in [-0.1, -0.05) is 0 Å². The topological polar surface area (TPSA) is 58.6 Å². The molecule has 0 aromatic heterocycles. The minimum atomic E-state index is -0.0951. The summed E-state index contributed by atoms with van der Waals surface area (Å²) in [6.07, 6.45) is 3.69. The molecule has 2 fully saturated rings. The van der Waals surface area contributed by atoms with Crippen LogP contribution in [-0.2, 0) is 9.53 Å². The molecule has 2 heterocycles. The first-order valence-corrected chi connectivity index (χ1v) is 7.98. The van der Waals surface area contributed by atoms with Crippen LogP contribution < -0.4 is 10.2 Å². The second-order valence-electron chi connectivity index (χ2n) is 6.01. The number of amides is 2. The van der Waals surface area contributed by atoms with Crippen molar-refractivity contribution in [2.75, 3.05) is 18.1 Å². The maximum atomic E-state index is 12.3. The number of rotatable bonds is 4. The summed E-state index contributed by atoms with van der Waals surface area (Å²) in [5, 5.41) is 2.99. The summed E-state index contributed by atoms with van der Waals surface area (Å²) >= 11 is 0. The minimum Gasteiger partial charge on any atom is -0.376 e. The zero-order chi connectivity index (χ0) is 15.5. The molecule has 1 aromatic rings. The Labute approximate surface area is 130 Å². The van der Waals surface area contributed by atoms with Gasteiger partial charge < -0.3 is 15.0 Å². The summed E-state index contributed by atoms with van der Waals surface area (Å²) in [5.74, 6) is 0.0616. The van der Waals surface area contributed by atoms with Gasteiger partial charge in [-0.05, 0) is 50.5 Å². The van der Waals surface area contributed by atoms with E-state index in [9.17, 15) is 9.59 Å². The highest BCUT2D eigenvalue weighted by molar-refractivity contribution is 5.97. The van der Waals surface area contributed by atoms with Crippen molar-refractivity contribution in [2.45, 2.75) is 44.8 Å². The summed E-state index contributed by atoms with van der Waals surface area (Å²) in [6, 6.07) is 7.25. The summed E-state index contributed by atoms with van der Waals surface area (Å²) in [5.41, 5.74) is 1.48. The van der Waals surface area contributed by atoms with Gasteiger partial charge in [-0.3, -0.25) is 9.59 Å². The molecular weight excluding hydrogens is 280 g/mol. The van der Waals surface area contributed by atoms with Crippen molar-refractivity contribution in [3.8, 4) is 0 Å². The maximum Gasteiger partial charge on any atom is 0.251 e. The zero-order valence-corrected chi connectivity index (χ0v) is 12.9. The van der Waals surface area contributed by atoms with Crippen molar-refractivity contribution in [1.82, 2.24) is 5.32 Å². The second-order valence-corrected chi connectivity index (χ2v) is 6.01. The number of nitrogens with one attached hydrogen (secondary N) is 1. The molecule has 118 valence electrons. The first-order chi connectivity index (χ1) is 10.6. The van der Waals surface area contributed by atoms with Gasteiger partial charge in [0, 0.05) is 30.8 Å². The second kappa shape index (κ2) is 6.48. The Morgan fingerprint density at radius 1 is 1.32 bits per heavy atom. The smallest absolute Gasteiger partial charge is 0.251 e. The minimum absolute atomic E-state index is 0.00911. The fourth-order valence-electron chi connectivity index (χ4n) is 3.09. The van der Waals surface area contributed by atoms with Gasteiger partial charge in [-0.2, -0.15) is 0 Å². The summed E-state index contributed by atoms with van der Waals surface area (Å²) in [6.45, 7) is 3.52. The first-order valence-electron chi connectivity index (χ1n) is 7.98. The zero-order valence-electron chi connectivity index (χ0n) is 12.9. The third-order valence-corrected chi connectivity index (χ3v) is 4.40. The Morgan fingerprint density at radius 3 is 2.68 bits per heavy atom. The van der Waals surface area contributed by atoms with Crippen molar-refractivity contribution < 1.29 is 14.3 Å². The van der Waals surface area contributed by atoms with Gasteiger partial charge in [0.25, 0.3) is 5.91 Å². The number of carbonyl (C=O) groups excluding carboxylic acids is 2. The van der Waals surface area contributed by atoms with E-state index in [0.717, 1.165) is 38.1 Å². The largest absolute Gasteiger partial charge is 0.376 e. The van der Waals surface area contributed by atoms with E-state index < -0.39 is 0 Å². The van der Waals surface area contributed by atoms with E-state index in [1.165, 1.54) is 0 Å². The average molecular weight is 302 g/mol. The van der Waals surface area contributed by atoms with Crippen molar-refractivity contribution in [1.29, 1.82) is 0 Å². The third kappa shape index (κ3) is 3.14. The molecule has 2 atom stereocenters. The van der Waals surface area contributed by atoms with Gasteiger partial charge >= 0.3 is 0 Å². The molecule has 5 nitrogen and oxygen atoms in total. The fraction of sp³-hybridized carbons (Fsp3) is 0.529. The number of hydrogen-bond donors (Lipinski definition) is 1. The maximum absolute atomic E-state index is 12.3. The Balaban J connectivity index is 1.62. The van der Waals surface area contributed by atoms with Gasteiger partial charge in [-0.25, -0.2) is 0 Å². The molecule has 2 amide bonds. The number of nitrogens with zero attached hydrogens (tertiary/aromatic N) is 1. The molecule has 0 bridgehead atoms.